The van der Waals surface area contributed by atoms with E-state index in [1.807, 2.05) is 24.3 Å². The van der Waals surface area contributed by atoms with Crippen LogP contribution in [0.3, 0.4) is 0 Å². The first kappa shape index (κ1) is 34.1. The number of benzene rings is 9. The molecule has 0 saturated heterocycles. The van der Waals surface area contributed by atoms with Gasteiger partial charge in [0.2, 0.25) is 0 Å². The lowest BCUT2D eigenvalue weighted by atomic mass is 9.73. The van der Waals surface area contributed by atoms with Gasteiger partial charge >= 0.3 is 0 Å². The van der Waals surface area contributed by atoms with Gasteiger partial charge in [0.1, 0.15) is 22.3 Å². The zero-order chi connectivity index (χ0) is 40.4. The Bertz CT molecular complexity index is 3700. The van der Waals surface area contributed by atoms with Crippen LogP contribution < -0.4 is 4.90 Å². The third kappa shape index (κ3) is 4.93. The molecule has 0 atom stereocenters. The Hall–Kier alpha value is -7.82. The molecule has 0 radical (unpaired) electrons. The normalized spacial score (nSPS) is 13.5. The van der Waals surface area contributed by atoms with Crippen molar-refractivity contribution in [2.24, 2.45) is 0 Å². The minimum Gasteiger partial charge on any atom is -0.456 e. The average Bonchev–Trinajstić information content (AvgIpc) is 3.98. The lowest BCUT2D eigenvalue weighted by Gasteiger charge is -2.42. The molecule has 4 heteroatoms. The number of rotatable bonds is 4. The smallest absolute Gasteiger partial charge is 0.136 e. The molecule has 9 aromatic carbocycles. The molecule has 61 heavy (non-hydrogen) atoms. The van der Waals surface area contributed by atoms with Crippen molar-refractivity contribution in [2.45, 2.75) is 19.3 Å². The quantitative estimate of drug-likeness (QED) is 0.178. The van der Waals surface area contributed by atoms with E-state index in [1.54, 1.807) is 0 Å². The van der Waals surface area contributed by atoms with Crippen molar-refractivity contribution < 1.29 is 8.83 Å². The van der Waals surface area contributed by atoms with Crippen molar-refractivity contribution in [1.29, 1.82) is 0 Å². The first-order valence-corrected chi connectivity index (χ1v) is 21.0. The predicted octanol–water partition coefficient (Wildman–Crippen LogP) is 16.0. The first-order chi connectivity index (χ1) is 30.0. The van der Waals surface area contributed by atoms with E-state index in [9.17, 15) is 0 Å². The molecule has 0 fully saturated rings. The minimum absolute atomic E-state index is 0.148. The van der Waals surface area contributed by atoms with Gasteiger partial charge in [-0.2, -0.15) is 0 Å². The second kappa shape index (κ2) is 12.6. The summed E-state index contributed by atoms with van der Waals surface area (Å²) in [7, 11) is 0. The van der Waals surface area contributed by atoms with Crippen molar-refractivity contribution in [3.63, 3.8) is 0 Å². The van der Waals surface area contributed by atoms with Crippen LogP contribution in [0.25, 0.3) is 93.6 Å². The highest BCUT2D eigenvalue weighted by Gasteiger charge is 2.36. The highest BCUT2D eigenvalue weighted by atomic mass is 16.3. The minimum atomic E-state index is -0.148. The largest absolute Gasteiger partial charge is 0.456 e. The Balaban J connectivity index is 1.12. The number of fused-ring (bicyclic) bond motifs is 11. The summed E-state index contributed by atoms with van der Waals surface area (Å²) in [6.07, 6.45) is 0. The van der Waals surface area contributed by atoms with E-state index in [4.69, 9.17) is 8.83 Å². The number of hydrogen-bond donors (Lipinski definition) is 0. The van der Waals surface area contributed by atoms with Crippen LogP contribution in [0, 0.1) is 0 Å². The predicted molar refractivity (Wildman–Crippen MR) is 253 cm³/mol. The topological polar surface area (TPSA) is 34.5 Å². The molecule has 1 aliphatic rings. The van der Waals surface area contributed by atoms with Crippen LogP contribution in [-0.4, -0.2) is 4.57 Å². The molecule has 0 amide bonds. The van der Waals surface area contributed by atoms with Crippen LogP contribution in [0.15, 0.2) is 203 Å². The van der Waals surface area contributed by atoms with Crippen molar-refractivity contribution in [3.05, 3.63) is 205 Å². The molecule has 4 heterocycles. The number of nitrogens with zero attached hydrogens (tertiary/aromatic N) is 2. The molecule has 1 aliphatic heterocycles. The summed E-state index contributed by atoms with van der Waals surface area (Å²) in [5.41, 5.74) is 17.3. The van der Waals surface area contributed by atoms with Crippen LogP contribution in [0.2, 0.25) is 0 Å². The van der Waals surface area contributed by atoms with Gasteiger partial charge in [0.25, 0.3) is 0 Å². The van der Waals surface area contributed by atoms with E-state index in [-0.39, 0.29) is 5.41 Å². The summed E-state index contributed by atoms with van der Waals surface area (Å²) >= 11 is 0. The fourth-order valence-corrected chi connectivity index (χ4v) is 10.3. The summed E-state index contributed by atoms with van der Waals surface area (Å²) in [6.45, 7) is 4.68. The van der Waals surface area contributed by atoms with Crippen molar-refractivity contribution in [2.75, 3.05) is 4.90 Å². The molecule has 0 unspecified atom stereocenters. The van der Waals surface area contributed by atoms with Gasteiger partial charge in [0.05, 0.1) is 22.4 Å². The van der Waals surface area contributed by atoms with Crippen molar-refractivity contribution >= 4 is 82.7 Å². The fraction of sp³-hybridized carbons (Fsp3) is 0.0526. The molecule has 3 aromatic heterocycles. The van der Waals surface area contributed by atoms with E-state index in [0.29, 0.717) is 0 Å². The molecule has 0 bridgehead atoms. The Morgan fingerprint density at radius 3 is 1.59 bits per heavy atom. The van der Waals surface area contributed by atoms with E-state index >= 15 is 0 Å². The summed E-state index contributed by atoms with van der Waals surface area (Å²) in [5, 5.41) is 6.85. The van der Waals surface area contributed by atoms with Crippen LogP contribution in [-0.2, 0) is 5.41 Å². The SMILES string of the molecule is CC1(C)c2ccccc2N(c2ccc3c4c(-c5ccc6c(c5)oc5ccccc56)cc(-c5ccc6c(c5)oc5ccccc56)cc4n(-c4ccccc4)c3c2)c2ccccc21. The average molecular weight is 783 g/mol. The third-order valence-electron chi connectivity index (χ3n) is 13.2. The highest BCUT2D eigenvalue weighted by molar-refractivity contribution is 6.19. The van der Waals surface area contributed by atoms with Gasteiger partial charge in [-0.05, 0) is 118 Å². The molecular weight excluding hydrogens is 745 g/mol. The Morgan fingerprint density at radius 2 is 0.918 bits per heavy atom. The van der Waals surface area contributed by atoms with Gasteiger partial charge in [-0.3, -0.25) is 0 Å². The van der Waals surface area contributed by atoms with Gasteiger partial charge in [0.15, 0.2) is 0 Å². The first-order valence-electron chi connectivity index (χ1n) is 21.0. The molecule has 13 rings (SSSR count). The monoisotopic (exact) mass is 782 g/mol. The maximum Gasteiger partial charge on any atom is 0.136 e. The van der Waals surface area contributed by atoms with E-state index in [1.165, 1.54) is 33.3 Å². The maximum absolute atomic E-state index is 6.51. The Morgan fingerprint density at radius 1 is 0.377 bits per heavy atom. The number of furan rings is 2. The zero-order valence-electron chi connectivity index (χ0n) is 33.7. The zero-order valence-corrected chi connectivity index (χ0v) is 33.7. The molecule has 0 N–H and O–H groups in total. The molecule has 288 valence electrons. The van der Waals surface area contributed by atoms with E-state index in [0.717, 1.165) is 88.5 Å². The van der Waals surface area contributed by atoms with Crippen molar-refractivity contribution in [1.82, 2.24) is 4.57 Å². The number of para-hydroxylation sites is 5. The van der Waals surface area contributed by atoms with Crippen LogP contribution in [0.4, 0.5) is 17.1 Å². The van der Waals surface area contributed by atoms with E-state index in [2.05, 4.69) is 193 Å². The molecule has 0 spiro atoms. The van der Waals surface area contributed by atoms with Crippen LogP contribution in [0.5, 0.6) is 0 Å². The summed E-state index contributed by atoms with van der Waals surface area (Å²) in [4.78, 5) is 2.45. The van der Waals surface area contributed by atoms with Gasteiger partial charge < -0.3 is 18.3 Å². The molecule has 12 aromatic rings. The van der Waals surface area contributed by atoms with Crippen LogP contribution in [0.1, 0.15) is 25.0 Å². The summed E-state index contributed by atoms with van der Waals surface area (Å²) in [5.74, 6) is 0. The third-order valence-corrected chi connectivity index (χ3v) is 13.2. The lowest BCUT2D eigenvalue weighted by Crippen LogP contribution is -2.30. The summed E-state index contributed by atoms with van der Waals surface area (Å²) < 4.78 is 15.4. The lowest BCUT2D eigenvalue weighted by molar-refractivity contribution is 0.632. The Labute approximate surface area is 352 Å². The second-order valence-corrected chi connectivity index (χ2v) is 16.9. The van der Waals surface area contributed by atoms with Crippen molar-refractivity contribution in [3.8, 4) is 27.9 Å². The number of aromatic nitrogens is 1. The molecular formula is C57H38N2O2. The van der Waals surface area contributed by atoms with Gasteiger partial charge in [-0.15, -0.1) is 0 Å². The summed E-state index contributed by atoms with van der Waals surface area (Å²) in [6, 6.07) is 70.2. The fourth-order valence-electron chi connectivity index (χ4n) is 10.3. The molecule has 4 nitrogen and oxygen atoms in total. The molecule has 0 saturated carbocycles. The Kier molecular flexibility index (Phi) is 7.04. The van der Waals surface area contributed by atoms with Gasteiger partial charge in [-0.1, -0.05) is 123 Å². The highest BCUT2D eigenvalue weighted by Crippen LogP contribution is 2.53. The molecule has 0 aliphatic carbocycles. The van der Waals surface area contributed by atoms with E-state index < -0.39 is 0 Å². The number of hydrogen-bond acceptors (Lipinski definition) is 3. The standard InChI is InChI=1S/C57H38N2O2/c1-57(2)46-18-8-10-20-48(46)59(49-21-11-9-19-47(49)57)39-26-29-44-50(34-39)58(38-14-4-3-5-15-38)51-31-37(35-24-27-42-40-16-6-12-22-52(40)60-54(42)32-35)30-45(56(44)51)36-25-28-43-41-17-7-13-23-53(41)61-55(43)33-36/h3-34H,1-2H3. The van der Waals surface area contributed by atoms with Gasteiger partial charge in [-0.25, -0.2) is 0 Å². The van der Waals surface area contributed by atoms with Crippen LogP contribution >= 0.6 is 0 Å². The number of anilines is 3. The second-order valence-electron chi connectivity index (χ2n) is 16.9. The van der Waals surface area contributed by atoms with Gasteiger partial charge in [0, 0.05) is 49.1 Å². The maximum atomic E-state index is 6.51.